The summed E-state index contributed by atoms with van der Waals surface area (Å²) in [6.45, 7) is 8.20. The number of ether oxygens (including phenoxy) is 2. The number of rotatable bonds is 7. The summed E-state index contributed by atoms with van der Waals surface area (Å²) in [5, 5.41) is 19.3. The molecule has 4 nitrogen and oxygen atoms in total. The quantitative estimate of drug-likeness (QED) is 0.758. The summed E-state index contributed by atoms with van der Waals surface area (Å²) in [7, 11) is 0. The smallest absolute Gasteiger partial charge is 0.103 e. The van der Waals surface area contributed by atoms with Gasteiger partial charge in [-0.05, 0) is 23.8 Å². The zero-order valence-corrected chi connectivity index (χ0v) is 14.0. The fourth-order valence-corrected chi connectivity index (χ4v) is 3.26. The van der Waals surface area contributed by atoms with Gasteiger partial charge in [-0.2, -0.15) is 0 Å². The lowest BCUT2D eigenvalue weighted by atomic mass is 9.79. The van der Waals surface area contributed by atoms with Crippen molar-refractivity contribution in [2.75, 3.05) is 6.61 Å². The second kappa shape index (κ2) is 8.60. The summed E-state index contributed by atoms with van der Waals surface area (Å²) in [6.07, 6.45) is 1.00. The third kappa shape index (κ3) is 4.42. The minimum atomic E-state index is -0.866. The van der Waals surface area contributed by atoms with Gasteiger partial charge < -0.3 is 19.7 Å². The van der Waals surface area contributed by atoms with Crippen molar-refractivity contribution >= 4 is 0 Å². The number of hydrogen-bond donors (Lipinski definition) is 2. The van der Waals surface area contributed by atoms with Gasteiger partial charge in [-0.15, -0.1) is 6.58 Å². The molecule has 1 heterocycles. The molecule has 0 amide bonds. The van der Waals surface area contributed by atoms with Gasteiger partial charge >= 0.3 is 0 Å². The van der Waals surface area contributed by atoms with E-state index in [1.165, 1.54) is 0 Å². The molecule has 1 saturated heterocycles. The standard InChI is InChI=1S/C19H28O4/c1-4-8-17-19(22-12-15-9-6-5-7-10-15)14(3)13(2)18(23-17)16(21)11-20/h4-7,9-10,13-14,16-21H,1,8,11-12H2,2-3H3/t13-,14-,16+,17?,18?,19?/m0/s1. The van der Waals surface area contributed by atoms with Gasteiger partial charge in [-0.25, -0.2) is 0 Å². The van der Waals surface area contributed by atoms with Crippen molar-refractivity contribution in [3.63, 3.8) is 0 Å². The third-order valence-electron chi connectivity index (χ3n) is 4.81. The molecule has 0 bridgehead atoms. The molecule has 23 heavy (non-hydrogen) atoms. The van der Waals surface area contributed by atoms with Crippen LogP contribution in [0.25, 0.3) is 0 Å². The monoisotopic (exact) mass is 320 g/mol. The molecule has 0 aromatic heterocycles. The molecule has 6 atom stereocenters. The Bertz CT molecular complexity index is 476. The van der Waals surface area contributed by atoms with E-state index in [4.69, 9.17) is 9.47 Å². The molecule has 1 aliphatic heterocycles. The molecule has 1 aliphatic rings. The van der Waals surface area contributed by atoms with Gasteiger partial charge in [0.1, 0.15) is 6.10 Å². The van der Waals surface area contributed by atoms with Crippen molar-refractivity contribution in [1.82, 2.24) is 0 Å². The second-order valence-electron chi connectivity index (χ2n) is 6.39. The first-order chi connectivity index (χ1) is 11.1. The molecule has 1 aromatic rings. The molecule has 1 fully saturated rings. The van der Waals surface area contributed by atoms with Gasteiger partial charge in [-0.1, -0.05) is 50.3 Å². The van der Waals surface area contributed by atoms with E-state index in [0.29, 0.717) is 13.0 Å². The Kier molecular flexibility index (Phi) is 6.78. The van der Waals surface area contributed by atoms with Crippen molar-refractivity contribution in [2.24, 2.45) is 11.8 Å². The summed E-state index contributed by atoms with van der Waals surface area (Å²) in [5.74, 6) is 0.308. The van der Waals surface area contributed by atoms with E-state index in [2.05, 4.69) is 13.5 Å². The molecule has 0 spiro atoms. The normalized spacial score (nSPS) is 32.4. The van der Waals surface area contributed by atoms with E-state index in [-0.39, 0.29) is 36.8 Å². The predicted molar refractivity (Wildman–Crippen MR) is 89.9 cm³/mol. The highest BCUT2D eigenvalue weighted by Crippen LogP contribution is 2.35. The van der Waals surface area contributed by atoms with Crippen molar-refractivity contribution in [1.29, 1.82) is 0 Å². The van der Waals surface area contributed by atoms with Crippen molar-refractivity contribution in [3.05, 3.63) is 48.6 Å². The van der Waals surface area contributed by atoms with Crippen LogP contribution in [0.1, 0.15) is 25.8 Å². The van der Waals surface area contributed by atoms with Crippen LogP contribution in [0.2, 0.25) is 0 Å². The molecule has 2 rings (SSSR count). The number of hydrogen-bond acceptors (Lipinski definition) is 4. The third-order valence-corrected chi connectivity index (χ3v) is 4.81. The van der Waals surface area contributed by atoms with E-state index in [1.54, 1.807) is 0 Å². The minimum Gasteiger partial charge on any atom is -0.394 e. The zero-order valence-electron chi connectivity index (χ0n) is 14.0. The summed E-state index contributed by atoms with van der Waals surface area (Å²) in [6, 6.07) is 10.1. The maximum Gasteiger partial charge on any atom is 0.103 e. The summed E-state index contributed by atoms with van der Waals surface area (Å²) in [5.41, 5.74) is 1.13. The second-order valence-corrected chi connectivity index (χ2v) is 6.39. The highest BCUT2D eigenvalue weighted by molar-refractivity contribution is 5.13. The first kappa shape index (κ1) is 18.1. The Morgan fingerprint density at radius 2 is 1.96 bits per heavy atom. The fraction of sp³-hybridized carbons (Fsp3) is 0.579. The molecule has 1 aromatic carbocycles. The fourth-order valence-electron chi connectivity index (χ4n) is 3.26. The predicted octanol–water partition coefficient (Wildman–Crippen LogP) is 2.54. The van der Waals surface area contributed by atoms with Crippen LogP contribution in [0, 0.1) is 11.8 Å². The van der Waals surface area contributed by atoms with E-state index >= 15 is 0 Å². The molecular formula is C19H28O4. The van der Waals surface area contributed by atoms with Crippen LogP contribution >= 0.6 is 0 Å². The van der Waals surface area contributed by atoms with Crippen LogP contribution in [0.4, 0.5) is 0 Å². The van der Waals surface area contributed by atoms with Gasteiger partial charge in [0, 0.05) is 0 Å². The molecule has 0 radical (unpaired) electrons. The SMILES string of the molecule is C=CCC1OC([C@H](O)CO)[C@@H](C)[C@H](C)C1OCc1ccccc1. The van der Waals surface area contributed by atoms with E-state index in [9.17, 15) is 10.2 Å². The Morgan fingerprint density at radius 1 is 1.26 bits per heavy atom. The van der Waals surface area contributed by atoms with Crippen LogP contribution < -0.4 is 0 Å². The first-order valence-electron chi connectivity index (χ1n) is 8.29. The summed E-state index contributed by atoms with van der Waals surface area (Å²) >= 11 is 0. The highest BCUT2D eigenvalue weighted by atomic mass is 16.6. The Morgan fingerprint density at radius 3 is 2.57 bits per heavy atom. The molecule has 128 valence electrons. The van der Waals surface area contributed by atoms with E-state index in [0.717, 1.165) is 5.56 Å². The van der Waals surface area contributed by atoms with Crippen LogP contribution in [0.5, 0.6) is 0 Å². The maximum absolute atomic E-state index is 10.0. The van der Waals surface area contributed by atoms with Crippen LogP contribution in [-0.4, -0.2) is 41.2 Å². The summed E-state index contributed by atoms with van der Waals surface area (Å²) < 4.78 is 12.2. The van der Waals surface area contributed by atoms with E-state index < -0.39 is 6.10 Å². The van der Waals surface area contributed by atoms with Gasteiger partial charge in [0.05, 0.1) is 31.5 Å². The van der Waals surface area contributed by atoms with Gasteiger partial charge in [0.15, 0.2) is 0 Å². The number of aliphatic hydroxyl groups excluding tert-OH is 2. The largest absolute Gasteiger partial charge is 0.394 e. The average molecular weight is 320 g/mol. The Labute approximate surface area is 138 Å². The van der Waals surface area contributed by atoms with Gasteiger partial charge in [0.25, 0.3) is 0 Å². The number of aliphatic hydroxyl groups is 2. The first-order valence-corrected chi connectivity index (χ1v) is 8.29. The molecule has 3 unspecified atom stereocenters. The zero-order chi connectivity index (χ0) is 16.8. The van der Waals surface area contributed by atoms with Crippen LogP contribution in [0.15, 0.2) is 43.0 Å². The van der Waals surface area contributed by atoms with Crippen molar-refractivity contribution < 1.29 is 19.7 Å². The van der Waals surface area contributed by atoms with Crippen LogP contribution in [-0.2, 0) is 16.1 Å². The molecule has 2 N–H and O–H groups in total. The van der Waals surface area contributed by atoms with Crippen molar-refractivity contribution in [3.8, 4) is 0 Å². The molecule has 0 saturated carbocycles. The van der Waals surface area contributed by atoms with Gasteiger partial charge in [-0.3, -0.25) is 0 Å². The van der Waals surface area contributed by atoms with E-state index in [1.807, 2.05) is 43.3 Å². The lowest BCUT2D eigenvalue weighted by Gasteiger charge is -2.45. The van der Waals surface area contributed by atoms with Crippen molar-refractivity contribution in [2.45, 2.75) is 51.3 Å². The highest BCUT2D eigenvalue weighted by Gasteiger charge is 2.43. The minimum absolute atomic E-state index is 0.0645. The topological polar surface area (TPSA) is 58.9 Å². The molecule has 0 aliphatic carbocycles. The molecule has 4 heteroatoms. The van der Waals surface area contributed by atoms with Crippen LogP contribution in [0.3, 0.4) is 0 Å². The summed E-state index contributed by atoms with van der Waals surface area (Å²) in [4.78, 5) is 0. The average Bonchev–Trinajstić information content (AvgIpc) is 2.58. The lowest BCUT2D eigenvalue weighted by molar-refractivity contribution is -0.216. The Hall–Kier alpha value is -1.20. The maximum atomic E-state index is 10.0. The van der Waals surface area contributed by atoms with Gasteiger partial charge in [0.2, 0.25) is 0 Å². The lowest BCUT2D eigenvalue weighted by Crippen LogP contribution is -2.54. The Balaban J connectivity index is 2.08. The number of benzene rings is 1. The molecular weight excluding hydrogens is 292 g/mol.